The first kappa shape index (κ1) is 27.2. The Morgan fingerprint density at radius 2 is 2.03 bits per heavy atom. The Kier molecular flexibility index (Phi) is 9.91. The van der Waals surface area contributed by atoms with Gasteiger partial charge in [0.05, 0.1) is 12.3 Å². The largest absolute Gasteiger partial charge is 0.493 e. The average molecular weight is 495 g/mol. The number of unbranched alkanes of at least 4 members (excludes halogenated alkanes) is 1. The summed E-state index contributed by atoms with van der Waals surface area (Å²) in [7, 11) is 0. The first-order valence-corrected chi connectivity index (χ1v) is 12.8. The number of allylic oxidation sites excluding steroid dienone is 3. The van der Waals surface area contributed by atoms with Crippen molar-refractivity contribution in [2.45, 2.75) is 78.8 Å². The second-order valence-electron chi connectivity index (χ2n) is 9.69. The van der Waals surface area contributed by atoms with Gasteiger partial charge in [-0.3, -0.25) is 4.79 Å². The lowest BCUT2D eigenvalue weighted by molar-refractivity contribution is -0.149. The van der Waals surface area contributed by atoms with Crippen LogP contribution < -0.4 is 4.74 Å². The minimum Gasteiger partial charge on any atom is -0.493 e. The van der Waals surface area contributed by atoms with E-state index < -0.39 is 12.0 Å². The minimum absolute atomic E-state index is 0.227. The van der Waals surface area contributed by atoms with Crippen molar-refractivity contribution in [1.29, 1.82) is 0 Å². The minimum atomic E-state index is -1.00. The van der Waals surface area contributed by atoms with Crippen LogP contribution in [0.2, 0.25) is 0 Å². The number of hydrogen-bond acceptors (Lipinski definition) is 5. The normalized spacial score (nSPS) is 15.7. The molecule has 0 spiro atoms. The maximum Gasteiger partial charge on any atom is 0.326 e. The second kappa shape index (κ2) is 13.1. The molecule has 0 saturated carbocycles. The van der Waals surface area contributed by atoms with Gasteiger partial charge in [0.25, 0.3) is 0 Å². The fourth-order valence-electron chi connectivity index (χ4n) is 4.37. The molecule has 7 heteroatoms. The average Bonchev–Trinajstić information content (AvgIpc) is 3.19. The van der Waals surface area contributed by atoms with Gasteiger partial charge in [0, 0.05) is 31.9 Å². The monoisotopic (exact) mass is 494 g/mol. The number of fused-ring (bicyclic) bond motifs is 1. The van der Waals surface area contributed by atoms with Crippen molar-refractivity contribution in [1.82, 2.24) is 9.88 Å². The van der Waals surface area contributed by atoms with Crippen molar-refractivity contribution in [2.75, 3.05) is 6.61 Å². The van der Waals surface area contributed by atoms with E-state index in [0.717, 1.165) is 47.2 Å². The Morgan fingerprint density at radius 3 is 2.75 bits per heavy atom. The molecule has 0 unspecified atom stereocenters. The van der Waals surface area contributed by atoms with Crippen LogP contribution in [0.25, 0.3) is 0 Å². The fourth-order valence-corrected chi connectivity index (χ4v) is 4.37. The van der Waals surface area contributed by atoms with E-state index in [4.69, 9.17) is 9.15 Å². The van der Waals surface area contributed by atoms with Gasteiger partial charge in [-0.25, -0.2) is 9.78 Å². The number of rotatable bonds is 12. The third kappa shape index (κ3) is 7.57. The lowest BCUT2D eigenvalue weighted by Gasteiger charge is -2.34. The van der Waals surface area contributed by atoms with Crippen molar-refractivity contribution in [3.8, 4) is 5.75 Å². The molecule has 0 saturated heterocycles. The molecular formula is C29H38N2O5. The zero-order chi connectivity index (χ0) is 26.1. The van der Waals surface area contributed by atoms with E-state index in [1.807, 2.05) is 38.1 Å². The first-order chi connectivity index (χ1) is 17.3. The summed E-state index contributed by atoms with van der Waals surface area (Å²) in [6.07, 6.45) is 11.8. The van der Waals surface area contributed by atoms with Crippen molar-refractivity contribution < 1.29 is 23.8 Å². The molecule has 0 aliphatic carbocycles. The van der Waals surface area contributed by atoms with Gasteiger partial charge in [-0.2, -0.15) is 0 Å². The van der Waals surface area contributed by atoms with Crippen LogP contribution in [0.3, 0.4) is 0 Å². The number of oxazole rings is 1. The van der Waals surface area contributed by atoms with Crippen LogP contribution >= 0.6 is 0 Å². The molecular weight excluding hydrogens is 456 g/mol. The van der Waals surface area contributed by atoms with E-state index in [0.29, 0.717) is 18.8 Å². The second-order valence-corrected chi connectivity index (χ2v) is 9.69. The Balaban J connectivity index is 1.59. The third-order valence-corrected chi connectivity index (χ3v) is 6.39. The topological polar surface area (TPSA) is 92.9 Å². The van der Waals surface area contributed by atoms with Gasteiger partial charge in [-0.05, 0) is 49.4 Å². The van der Waals surface area contributed by atoms with Crippen LogP contribution in [0, 0.1) is 12.8 Å². The van der Waals surface area contributed by atoms with Crippen LogP contribution in [0.5, 0.6) is 5.75 Å². The number of benzene rings is 1. The summed E-state index contributed by atoms with van der Waals surface area (Å²) in [5.74, 6) is 1.71. The van der Waals surface area contributed by atoms with Crippen LogP contribution in [-0.4, -0.2) is 39.5 Å². The zero-order valence-corrected chi connectivity index (χ0v) is 21.8. The molecule has 1 aliphatic heterocycles. The molecule has 1 N–H and O–H groups in total. The molecule has 0 radical (unpaired) electrons. The van der Waals surface area contributed by atoms with E-state index in [1.165, 1.54) is 23.8 Å². The highest BCUT2D eigenvalue weighted by molar-refractivity contribution is 5.92. The lowest BCUT2D eigenvalue weighted by Crippen LogP contribution is -2.48. The van der Waals surface area contributed by atoms with Crippen molar-refractivity contribution in [3.63, 3.8) is 0 Å². The summed E-state index contributed by atoms with van der Waals surface area (Å²) in [6.45, 7) is 8.94. The maximum absolute atomic E-state index is 12.7. The number of carboxylic acids is 1. The number of carbonyl (C=O) groups excluding carboxylic acids is 1. The van der Waals surface area contributed by atoms with Gasteiger partial charge >= 0.3 is 5.97 Å². The van der Waals surface area contributed by atoms with Crippen molar-refractivity contribution >= 4 is 11.9 Å². The summed E-state index contributed by atoms with van der Waals surface area (Å²) in [4.78, 5) is 30.5. The molecule has 2 aromatic rings. The highest BCUT2D eigenvalue weighted by Gasteiger charge is 2.33. The van der Waals surface area contributed by atoms with Gasteiger partial charge in [0.2, 0.25) is 5.91 Å². The van der Waals surface area contributed by atoms with Crippen LogP contribution in [-0.2, 0) is 35.4 Å². The lowest BCUT2D eigenvalue weighted by atomic mass is 9.93. The molecule has 0 fully saturated rings. The number of carbonyl (C=O) groups is 2. The molecule has 0 bridgehead atoms. The first-order valence-electron chi connectivity index (χ1n) is 12.8. The highest BCUT2D eigenvalue weighted by Crippen LogP contribution is 2.28. The Morgan fingerprint density at radius 1 is 1.22 bits per heavy atom. The van der Waals surface area contributed by atoms with Gasteiger partial charge in [0.15, 0.2) is 5.89 Å². The van der Waals surface area contributed by atoms with E-state index in [2.05, 4.69) is 18.8 Å². The number of aromatic nitrogens is 1. The van der Waals surface area contributed by atoms with E-state index >= 15 is 0 Å². The summed E-state index contributed by atoms with van der Waals surface area (Å²) >= 11 is 0. The number of ether oxygens (including phenoxy) is 1. The quantitative estimate of drug-likeness (QED) is 0.240. The SMILES string of the molecule is C/C=C/C=C/C(=O)N1Cc2cc(OCCc3nc(CCCCC(C)C)oc3C)ccc2C[C@H]1C(=O)O. The predicted octanol–water partition coefficient (Wildman–Crippen LogP) is 5.44. The molecule has 1 aromatic carbocycles. The molecule has 36 heavy (non-hydrogen) atoms. The number of nitrogens with zero attached hydrogens (tertiary/aromatic N) is 2. The number of carboxylic acid groups (broad SMARTS) is 1. The van der Waals surface area contributed by atoms with Crippen LogP contribution in [0.15, 0.2) is 46.9 Å². The van der Waals surface area contributed by atoms with Crippen LogP contribution in [0.4, 0.5) is 0 Å². The predicted molar refractivity (Wildman–Crippen MR) is 139 cm³/mol. The molecule has 7 nitrogen and oxygen atoms in total. The van der Waals surface area contributed by atoms with E-state index in [9.17, 15) is 14.7 Å². The number of hydrogen-bond donors (Lipinski definition) is 1. The molecule has 1 aromatic heterocycles. The van der Waals surface area contributed by atoms with Gasteiger partial charge in [0.1, 0.15) is 17.6 Å². The molecule has 1 amide bonds. The van der Waals surface area contributed by atoms with Crippen LogP contribution in [0.1, 0.15) is 68.5 Å². The molecule has 1 aliphatic rings. The van der Waals surface area contributed by atoms with Gasteiger partial charge in [-0.15, -0.1) is 0 Å². The summed E-state index contributed by atoms with van der Waals surface area (Å²) in [6, 6.07) is 4.77. The van der Waals surface area contributed by atoms with Crippen molar-refractivity contribution in [3.05, 3.63) is 71.0 Å². The van der Waals surface area contributed by atoms with Crippen molar-refractivity contribution in [2.24, 2.45) is 5.92 Å². The smallest absolute Gasteiger partial charge is 0.326 e. The Hall–Kier alpha value is -3.35. The Labute approximate surface area is 213 Å². The summed E-state index contributed by atoms with van der Waals surface area (Å²) in [5.41, 5.74) is 2.74. The molecule has 194 valence electrons. The number of amides is 1. The molecule has 1 atom stereocenters. The Bertz CT molecular complexity index is 1100. The van der Waals surface area contributed by atoms with E-state index in [-0.39, 0.29) is 18.9 Å². The third-order valence-electron chi connectivity index (χ3n) is 6.39. The number of aryl methyl sites for hydroxylation is 2. The summed E-state index contributed by atoms with van der Waals surface area (Å²) in [5, 5.41) is 9.67. The standard InChI is InChI=1S/C29H38N2O5/c1-5-6-7-12-28(32)31-19-23-17-24(14-13-22(23)18-26(31)29(33)34)35-16-15-25-21(4)36-27(30-25)11-9-8-10-20(2)3/h5-7,12-14,17,20,26H,8-11,15-16,18-19H2,1-4H3,(H,33,34)/b6-5+,12-7+/t26-/m0/s1. The van der Waals surface area contributed by atoms with E-state index in [1.54, 1.807) is 12.2 Å². The number of aliphatic carboxylic acids is 1. The highest BCUT2D eigenvalue weighted by atomic mass is 16.5. The van der Waals surface area contributed by atoms with Gasteiger partial charge in [-0.1, -0.05) is 51.0 Å². The zero-order valence-electron chi connectivity index (χ0n) is 21.8. The maximum atomic E-state index is 12.7. The van der Waals surface area contributed by atoms with Gasteiger partial charge < -0.3 is 19.2 Å². The molecule has 3 rings (SSSR count). The fraction of sp³-hybridized carbons (Fsp3) is 0.483. The summed E-state index contributed by atoms with van der Waals surface area (Å²) < 4.78 is 11.8. The molecule has 2 heterocycles.